The molecule has 0 N–H and O–H groups in total. The molecule has 3 rings (SSSR count). The highest BCUT2D eigenvalue weighted by Gasteiger charge is 2.18. The quantitative estimate of drug-likeness (QED) is 0.693. The standard InChI is InChI=1S/C17H13NO2/c1-11-7-8-15-14(9-11)16(19-2)17(20-15)13-6-4-3-5-12(13)10-18/h3-9H,1-2H3. The van der Waals surface area contributed by atoms with E-state index in [9.17, 15) is 5.26 Å². The van der Waals surface area contributed by atoms with E-state index in [4.69, 9.17) is 9.15 Å². The Bertz CT molecular complexity index is 825. The predicted octanol–water partition coefficient (Wildman–Crippen LogP) is 4.29. The molecule has 0 aliphatic carbocycles. The van der Waals surface area contributed by atoms with E-state index < -0.39 is 0 Å². The third-order valence-electron chi connectivity index (χ3n) is 3.29. The summed E-state index contributed by atoms with van der Waals surface area (Å²) in [5.74, 6) is 1.27. The molecule has 20 heavy (non-hydrogen) atoms. The molecule has 0 saturated carbocycles. The fraction of sp³-hybridized carbons (Fsp3) is 0.118. The molecule has 1 heterocycles. The molecule has 3 nitrogen and oxygen atoms in total. The first-order chi connectivity index (χ1) is 9.74. The van der Waals surface area contributed by atoms with Crippen LogP contribution >= 0.6 is 0 Å². The van der Waals surface area contributed by atoms with Crippen molar-refractivity contribution in [2.45, 2.75) is 6.92 Å². The summed E-state index contributed by atoms with van der Waals surface area (Å²) in [4.78, 5) is 0. The maximum Gasteiger partial charge on any atom is 0.178 e. The van der Waals surface area contributed by atoms with Gasteiger partial charge >= 0.3 is 0 Å². The summed E-state index contributed by atoms with van der Waals surface area (Å²) in [5, 5.41) is 10.2. The van der Waals surface area contributed by atoms with Gasteiger partial charge in [-0.3, -0.25) is 0 Å². The third kappa shape index (κ3) is 1.83. The third-order valence-corrected chi connectivity index (χ3v) is 3.29. The van der Waals surface area contributed by atoms with Gasteiger partial charge in [0.25, 0.3) is 0 Å². The largest absolute Gasteiger partial charge is 0.492 e. The van der Waals surface area contributed by atoms with Crippen molar-refractivity contribution in [2.75, 3.05) is 7.11 Å². The van der Waals surface area contributed by atoms with Crippen LogP contribution in [0.4, 0.5) is 0 Å². The van der Waals surface area contributed by atoms with Crippen molar-refractivity contribution in [1.29, 1.82) is 5.26 Å². The first-order valence-electron chi connectivity index (χ1n) is 6.31. The molecule has 0 amide bonds. The lowest BCUT2D eigenvalue weighted by Crippen LogP contribution is -1.87. The maximum atomic E-state index is 9.23. The van der Waals surface area contributed by atoms with E-state index in [1.165, 1.54) is 0 Å². The topological polar surface area (TPSA) is 46.2 Å². The molecule has 0 unspecified atom stereocenters. The molecular weight excluding hydrogens is 250 g/mol. The van der Waals surface area contributed by atoms with Gasteiger partial charge < -0.3 is 9.15 Å². The Morgan fingerprint density at radius 1 is 1.15 bits per heavy atom. The Balaban J connectivity index is 2.34. The lowest BCUT2D eigenvalue weighted by atomic mass is 10.0. The van der Waals surface area contributed by atoms with Crippen molar-refractivity contribution in [3.63, 3.8) is 0 Å². The van der Waals surface area contributed by atoms with E-state index >= 15 is 0 Å². The second-order valence-corrected chi connectivity index (χ2v) is 4.62. The first-order valence-corrected chi connectivity index (χ1v) is 6.31. The molecule has 0 bridgehead atoms. The molecule has 0 atom stereocenters. The lowest BCUT2D eigenvalue weighted by Gasteiger charge is -2.03. The number of nitriles is 1. The van der Waals surface area contributed by atoms with Gasteiger partial charge in [-0.1, -0.05) is 23.8 Å². The molecule has 0 spiro atoms. The SMILES string of the molecule is COc1c(-c2ccccc2C#N)oc2ccc(C)cc12. The zero-order valence-electron chi connectivity index (χ0n) is 11.3. The summed E-state index contributed by atoms with van der Waals surface area (Å²) in [6.45, 7) is 2.02. The summed E-state index contributed by atoms with van der Waals surface area (Å²) >= 11 is 0. The molecule has 2 aromatic carbocycles. The Hall–Kier alpha value is -2.73. The number of rotatable bonds is 2. The Kier molecular flexibility index (Phi) is 2.92. The molecule has 1 aromatic heterocycles. The minimum absolute atomic E-state index is 0.571. The summed E-state index contributed by atoms with van der Waals surface area (Å²) in [6, 6.07) is 15.5. The summed E-state index contributed by atoms with van der Waals surface area (Å²) in [7, 11) is 1.62. The normalized spacial score (nSPS) is 10.4. The number of benzene rings is 2. The monoisotopic (exact) mass is 263 g/mol. The van der Waals surface area contributed by atoms with Crippen molar-refractivity contribution in [3.8, 4) is 23.1 Å². The second-order valence-electron chi connectivity index (χ2n) is 4.62. The van der Waals surface area contributed by atoms with Crippen molar-refractivity contribution in [3.05, 3.63) is 53.6 Å². The lowest BCUT2D eigenvalue weighted by molar-refractivity contribution is 0.414. The number of hydrogen-bond acceptors (Lipinski definition) is 3. The first kappa shape index (κ1) is 12.3. The van der Waals surface area contributed by atoms with Gasteiger partial charge in [0.15, 0.2) is 11.5 Å². The van der Waals surface area contributed by atoms with Crippen molar-refractivity contribution < 1.29 is 9.15 Å². The fourth-order valence-electron chi connectivity index (χ4n) is 2.35. The Morgan fingerprint density at radius 2 is 1.95 bits per heavy atom. The number of nitrogens with zero attached hydrogens (tertiary/aromatic N) is 1. The Labute approximate surface area is 117 Å². The average Bonchev–Trinajstić information content (AvgIpc) is 2.84. The average molecular weight is 263 g/mol. The molecule has 0 fully saturated rings. The summed E-state index contributed by atoms with van der Waals surface area (Å²) in [5.41, 5.74) is 3.22. The fourth-order valence-corrected chi connectivity index (χ4v) is 2.35. The molecule has 0 aliphatic heterocycles. The minimum atomic E-state index is 0.571. The number of ether oxygens (including phenoxy) is 1. The van der Waals surface area contributed by atoms with Crippen LogP contribution in [-0.4, -0.2) is 7.11 Å². The van der Waals surface area contributed by atoms with Crippen LogP contribution in [-0.2, 0) is 0 Å². The van der Waals surface area contributed by atoms with E-state index in [1.807, 2.05) is 43.3 Å². The highest BCUT2D eigenvalue weighted by Crippen LogP contribution is 2.41. The zero-order chi connectivity index (χ0) is 14.1. The van der Waals surface area contributed by atoms with Gasteiger partial charge in [0.1, 0.15) is 5.58 Å². The van der Waals surface area contributed by atoms with Gasteiger partial charge in [-0.2, -0.15) is 5.26 Å². The Morgan fingerprint density at radius 3 is 2.70 bits per heavy atom. The summed E-state index contributed by atoms with van der Waals surface area (Å²) < 4.78 is 11.4. The minimum Gasteiger partial charge on any atom is -0.492 e. The number of hydrogen-bond donors (Lipinski definition) is 0. The van der Waals surface area contributed by atoms with Gasteiger partial charge in [-0.05, 0) is 31.2 Å². The predicted molar refractivity (Wildman–Crippen MR) is 77.7 cm³/mol. The van der Waals surface area contributed by atoms with E-state index in [-0.39, 0.29) is 0 Å². The van der Waals surface area contributed by atoms with Crippen LogP contribution in [0.3, 0.4) is 0 Å². The number of furan rings is 1. The highest BCUT2D eigenvalue weighted by atomic mass is 16.5. The van der Waals surface area contributed by atoms with E-state index in [2.05, 4.69) is 6.07 Å². The van der Waals surface area contributed by atoms with Crippen LogP contribution < -0.4 is 4.74 Å². The van der Waals surface area contributed by atoms with Gasteiger partial charge in [0.05, 0.1) is 24.1 Å². The number of aryl methyl sites for hydroxylation is 1. The van der Waals surface area contributed by atoms with Crippen LogP contribution in [0.5, 0.6) is 5.75 Å². The van der Waals surface area contributed by atoms with Gasteiger partial charge in [-0.15, -0.1) is 0 Å². The molecule has 98 valence electrons. The molecular formula is C17H13NO2. The number of methoxy groups -OCH3 is 1. The number of fused-ring (bicyclic) bond motifs is 1. The van der Waals surface area contributed by atoms with Crippen LogP contribution in [0, 0.1) is 18.3 Å². The van der Waals surface area contributed by atoms with Crippen LogP contribution in [0.1, 0.15) is 11.1 Å². The van der Waals surface area contributed by atoms with E-state index in [0.29, 0.717) is 17.1 Å². The van der Waals surface area contributed by atoms with E-state index in [1.54, 1.807) is 13.2 Å². The van der Waals surface area contributed by atoms with E-state index in [0.717, 1.165) is 22.1 Å². The molecule has 0 aliphatic rings. The van der Waals surface area contributed by atoms with Crippen molar-refractivity contribution in [2.24, 2.45) is 0 Å². The smallest absolute Gasteiger partial charge is 0.178 e. The molecule has 3 heteroatoms. The zero-order valence-corrected chi connectivity index (χ0v) is 11.3. The van der Waals surface area contributed by atoms with Crippen LogP contribution in [0.15, 0.2) is 46.9 Å². The highest BCUT2D eigenvalue weighted by molar-refractivity contribution is 5.92. The van der Waals surface area contributed by atoms with Crippen LogP contribution in [0.2, 0.25) is 0 Å². The molecule has 3 aromatic rings. The molecule has 0 radical (unpaired) electrons. The summed E-state index contributed by atoms with van der Waals surface area (Å²) in [6.07, 6.45) is 0. The van der Waals surface area contributed by atoms with Gasteiger partial charge in [-0.25, -0.2) is 0 Å². The van der Waals surface area contributed by atoms with Crippen molar-refractivity contribution >= 4 is 11.0 Å². The van der Waals surface area contributed by atoms with Crippen molar-refractivity contribution in [1.82, 2.24) is 0 Å². The molecule has 0 saturated heterocycles. The van der Waals surface area contributed by atoms with Gasteiger partial charge in [0.2, 0.25) is 0 Å². The van der Waals surface area contributed by atoms with Crippen LogP contribution in [0.25, 0.3) is 22.3 Å². The van der Waals surface area contributed by atoms with Gasteiger partial charge in [0, 0.05) is 5.56 Å². The maximum absolute atomic E-state index is 9.23. The second kappa shape index (κ2) is 4.75.